The topological polar surface area (TPSA) is 37.2 Å². The van der Waals surface area contributed by atoms with Gasteiger partial charge < -0.3 is 15.1 Å². The third-order valence-corrected chi connectivity index (χ3v) is 3.05. The zero-order valence-corrected chi connectivity index (χ0v) is 9.33. The number of nitrogens with one attached hydrogen (secondary N) is 2. The molecule has 1 aromatic rings. The van der Waals surface area contributed by atoms with Crippen LogP contribution in [0.2, 0.25) is 0 Å². The Labute approximate surface area is 91.2 Å². The van der Waals surface area contributed by atoms with Crippen molar-refractivity contribution in [1.29, 1.82) is 0 Å². The van der Waals surface area contributed by atoms with Crippen LogP contribution in [-0.4, -0.2) is 19.1 Å². The normalized spacial score (nSPS) is 23.9. The van der Waals surface area contributed by atoms with E-state index in [1.165, 1.54) is 25.8 Å². The van der Waals surface area contributed by atoms with Crippen molar-refractivity contribution in [3.63, 3.8) is 0 Å². The molecule has 3 heteroatoms. The first kappa shape index (κ1) is 10.7. The van der Waals surface area contributed by atoms with Gasteiger partial charge in [-0.05, 0) is 38.4 Å². The molecular weight excluding hydrogens is 188 g/mol. The predicted octanol–water partition coefficient (Wildman–Crippen LogP) is 2.07. The quantitative estimate of drug-likeness (QED) is 0.795. The number of furan rings is 1. The van der Waals surface area contributed by atoms with Crippen LogP contribution in [0.5, 0.6) is 0 Å². The molecule has 1 saturated heterocycles. The molecule has 1 fully saturated rings. The first-order valence-electron chi connectivity index (χ1n) is 5.86. The molecule has 0 aliphatic carbocycles. The Morgan fingerprint density at radius 2 is 2.53 bits per heavy atom. The summed E-state index contributed by atoms with van der Waals surface area (Å²) in [6.07, 6.45) is 5.70. The highest BCUT2D eigenvalue weighted by Gasteiger charge is 2.14. The highest BCUT2D eigenvalue weighted by Crippen LogP contribution is 2.13. The zero-order valence-electron chi connectivity index (χ0n) is 9.33. The monoisotopic (exact) mass is 208 g/mol. The molecule has 0 saturated carbocycles. The Hall–Kier alpha value is -0.800. The summed E-state index contributed by atoms with van der Waals surface area (Å²) >= 11 is 0. The fourth-order valence-corrected chi connectivity index (χ4v) is 2.06. The van der Waals surface area contributed by atoms with Gasteiger partial charge in [0.15, 0.2) is 0 Å². The van der Waals surface area contributed by atoms with Crippen molar-refractivity contribution in [2.45, 2.75) is 38.3 Å². The Kier molecular flexibility index (Phi) is 3.80. The van der Waals surface area contributed by atoms with Crippen LogP contribution in [0.4, 0.5) is 0 Å². The number of rotatable bonds is 4. The van der Waals surface area contributed by atoms with Gasteiger partial charge >= 0.3 is 0 Å². The van der Waals surface area contributed by atoms with Crippen LogP contribution < -0.4 is 10.6 Å². The minimum Gasteiger partial charge on any atom is -0.468 e. The molecule has 2 rings (SSSR count). The summed E-state index contributed by atoms with van der Waals surface area (Å²) in [5, 5.41) is 7.03. The molecule has 1 aliphatic heterocycles. The van der Waals surface area contributed by atoms with Gasteiger partial charge in [-0.15, -0.1) is 0 Å². The van der Waals surface area contributed by atoms with Gasteiger partial charge in [-0.3, -0.25) is 0 Å². The van der Waals surface area contributed by atoms with Crippen LogP contribution in [0.15, 0.2) is 22.8 Å². The second-order valence-corrected chi connectivity index (χ2v) is 4.29. The van der Waals surface area contributed by atoms with Gasteiger partial charge in [0.1, 0.15) is 5.76 Å². The molecule has 2 atom stereocenters. The first-order valence-corrected chi connectivity index (χ1v) is 5.86. The molecule has 0 spiro atoms. The van der Waals surface area contributed by atoms with E-state index in [0.29, 0.717) is 12.1 Å². The lowest BCUT2D eigenvalue weighted by atomic mass is 10.0. The zero-order chi connectivity index (χ0) is 10.5. The molecule has 84 valence electrons. The molecule has 0 amide bonds. The Balaban J connectivity index is 1.73. The standard InChI is InChI=1S/C12H20N2O/c1-10(12-6-4-8-15-12)14-9-11-5-2-3-7-13-11/h4,6,8,10-11,13-14H,2-3,5,7,9H2,1H3/t10-,11-/m1/s1. The molecule has 2 N–H and O–H groups in total. The van der Waals surface area contributed by atoms with Crippen molar-refractivity contribution in [2.24, 2.45) is 0 Å². The molecule has 3 nitrogen and oxygen atoms in total. The maximum atomic E-state index is 5.35. The number of piperidine rings is 1. The van der Waals surface area contributed by atoms with Gasteiger partial charge in [0.05, 0.1) is 12.3 Å². The van der Waals surface area contributed by atoms with Crippen molar-refractivity contribution in [2.75, 3.05) is 13.1 Å². The summed E-state index contributed by atoms with van der Waals surface area (Å²) in [5.74, 6) is 1.02. The van der Waals surface area contributed by atoms with E-state index in [1.807, 2.05) is 12.1 Å². The maximum Gasteiger partial charge on any atom is 0.120 e. The van der Waals surface area contributed by atoms with Crippen LogP contribution in [-0.2, 0) is 0 Å². The van der Waals surface area contributed by atoms with Crippen molar-refractivity contribution >= 4 is 0 Å². The summed E-state index contributed by atoms with van der Waals surface area (Å²) in [7, 11) is 0. The molecule has 0 unspecified atom stereocenters. The van der Waals surface area contributed by atoms with Crippen LogP contribution in [0.1, 0.15) is 38.0 Å². The number of hydrogen-bond acceptors (Lipinski definition) is 3. The Morgan fingerprint density at radius 1 is 1.60 bits per heavy atom. The maximum absolute atomic E-state index is 5.35. The van der Waals surface area contributed by atoms with Gasteiger partial charge in [0, 0.05) is 12.6 Å². The summed E-state index contributed by atoms with van der Waals surface area (Å²) < 4.78 is 5.35. The lowest BCUT2D eigenvalue weighted by Crippen LogP contribution is -2.42. The minimum absolute atomic E-state index is 0.309. The largest absolute Gasteiger partial charge is 0.468 e. The molecular formula is C12H20N2O. The van der Waals surface area contributed by atoms with Gasteiger partial charge in [-0.1, -0.05) is 6.42 Å². The minimum atomic E-state index is 0.309. The molecule has 1 aliphatic rings. The van der Waals surface area contributed by atoms with Gasteiger partial charge in [-0.25, -0.2) is 0 Å². The van der Waals surface area contributed by atoms with E-state index < -0.39 is 0 Å². The van der Waals surface area contributed by atoms with Crippen LogP contribution in [0, 0.1) is 0 Å². The van der Waals surface area contributed by atoms with Crippen molar-refractivity contribution < 1.29 is 4.42 Å². The van der Waals surface area contributed by atoms with Crippen LogP contribution in [0.25, 0.3) is 0 Å². The first-order chi connectivity index (χ1) is 7.36. The molecule has 0 aromatic carbocycles. The van der Waals surface area contributed by atoms with E-state index in [0.717, 1.165) is 12.3 Å². The van der Waals surface area contributed by atoms with Gasteiger partial charge in [0.25, 0.3) is 0 Å². The lowest BCUT2D eigenvalue weighted by Gasteiger charge is -2.25. The van der Waals surface area contributed by atoms with Crippen LogP contribution in [0.3, 0.4) is 0 Å². The lowest BCUT2D eigenvalue weighted by molar-refractivity contribution is 0.355. The van der Waals surface area contributed by atoms with Crippen molar-refractivity contribution in [3.8, 4) is 0 Å². The molecule has 15 heavy (non-hydrogen) atoms. The Bertz CT molecular complexity index is 265. The molecule has 1 aromatic heterocycles. The Morgan fingerprint density at radius 3 is 3.20 bits per heavy atom. The third kappa shape index (κ3) is 3.08. The number of hydrogen-bond donors (Lipinski definition) is 2. The smallest absolute Gasteiger partial charge is 0.120 e. The second-order valence-electron chi connectivity index (χ2n) is 4.29. The molecule has 2 heterocycles. The second kappa shape index (κ2) is 5.33. The van der Waals surface area contributed by atoms with E-state index in [1.54, 1.807) is 6.26 Å². The molecule has 0 radical (unpaired) electrons. The highest BCUT2D eigenvalue weighted by atomic mass is 16.3. The summed E-state index contributed by atoms with van der Waals surface area (Å²) in [4.78, 5) is 0. The third-order valence-electron chi connectivity index (χ3n) is 3.05. The average Bonchev–Trinajstić information content (AvgIpc) is 2.81. The predicted molar refractivity (Wildman–Crippen MR) is 60.8 cm³/mol. The van der Waals surface area contributed by atoms with E-state index >= 15 is 0 Å². The van der Waals surface area contributed by atoms with Gasteiger partial charge in [-0.2, -0.15) is 0 Å². The summed E-state index contributed by atoms with van der Waals surface area (Å²) in [6, 6.07) is 4.90. The SMILES string of the molecule is C[C@@H](NC[C@H]1CCCCN1)c1ccco1. The van der Waals surface area contributed by atoms with Gasteiger partial charge in [0.2, 0.25) is 0 Å². The van der Waals surface area contributed by atoms with Crippen molar-refractivity contribution in [1.82, 2.24) is 10.6 Å². The average molecular weight is 208 g/mol. The van der Waals surface area contributed by atoms with E-state index in [4.69, 9.17) is 4.42 Å². The van der Waals surface area contributed by atoms with Crippen molar-refractivity contribution in [3.05, 3.63) is 24.2 Å². The molecule has 0 bridgehead atoms. The highest BCUT2D eigenvalue weighted by molar-refractivity contribution is 5.03. The summed E-state index contributed by atoms with van der Waals surface area (Å²) in [5.41, 5.74) is 0. The van der Waals surface area contributed by atoms with E-state index in [2.05, 4.69) is 17.6 Å². The van der Waals surface area contributed by atoms with E-state index in [-0.39, 0.29) is 0 Å². The summed E-state index contributed by atoms with van der Waals surface area (Å²) in [6.45, 7) is 4.34. The van der Waals surface area contributed by atoms with E-state index in [9.17, 15) is 0 Å². The fourth-order valence-electron chi connectivity index (χ4n) is 2.06. The van der Waals surface area contributed by atoms with Crippen LogP contribution >= 0.6 is 0 Å². The fraction of sp³-hybridized carbons (Fsp3) is 0.667.